The Kier molecular flexibility index (Phi) is 3.84. The van der Waals surface area contributed by atoms with E-state index in [9.17, 15) is 23.2 Å². The van der Waals surface area contributed by atoms with E-state index >= 15 is 0 Å². The second kappa shape index (κ2) is 5.71. The van der Waals surface area contributed by atoms with Crippen molar-refractivity contribution in [1.29, 1.82) is 0 Å². The number of alkyl halides is 2. The summed E-state index contributed by atoms with van der Waals surface area (Å²) in [4.78, 5) is 35.8. The topological polar surface area (TPSA) is 103 Å². The van der Waals surface area contributed by atoms with Gasteiger partial charge < -0.3 is 10.5 Å². The normalized spacial score (nSPS) is 13.2. The monoisotopic (exact) mass is 399 g/mol. The number of hydrogen-bond donors (Lipinski definition) is 2. The molecule has 2 amide bonds. The summed E-state index contributed by atoms with van der Waals surface area (Å²) in [5.74, 6) is -2.18. The number of anilines is 1. The minimum absolute atomic E-state index is 0.0871. The number of nitrogens with zero attached hydrogens (tertiary/aromatic N) is 1. The van der Waals surface area contributed by atoms with E-state index in [0.29, 0.717) is 4.47 Å². The highest BCUT2D eigenvalue weighted by molar-refractivity contribution is 9.10. The number of carbonyl (C=O) groups is 2. The molecule has 24 heavy (non-hydrogen) atoms. The molecule has 3 N–H and O–H groups in total. The second-order valence-corrected chi connectivity index (χ2v) is 5.68. The van der Waals surface area contributed by atoms with Gasteiger partial charge in [-0.15, -0.1) is 0 Å². The zero-order valence-corrected chi connectivity index (χ0v) is 13.3. The minimum Gasteiger partial charge on any atom is -0.433 e. The van der Waals surface area contributed by atoms with Crippen molar-refractivity contribution in [2.75, 3.05) is 5.73 Å². The standard InChI is InChI=1S/C14H8BrF2N3O4/c15-5-1-2-7(8(3-5)24-14(16)17)20-9(21)4-6-10(11(20)18)13(23)19-12(6)22/h1-4,14H,18H2,(H,19,22,23). The second-order valence-electron chi connectivity index (χ2n) is 4.77. The molecule has 0 spiro atoms. The summed E-state index contributed by atoms with van der Waals surface area (Å²) >= 11 is 3.11. The summed E-state index contributed by atoms with van der Waals surface area (Å²) in [7, 11) is 0. The summed E-state index contributed by atoms with van der Waals surface area (Å²) < 4.78 is 30.9. The molecule has 10 heteroatoms. The predicted molar refractivity (Wildman–Crippen MR) is 82.6 cm³/mol. The van der Waals surface area contributed by atoms with Gasteiger partial charge >= 0.3 is 6.61 Å². The first-order chi connectivity index (χ1) is 11.3. The first-order valence-corrected chi connectivity index (χ1v) is 7.25. The lowest BCUT2D eigenvalue weighted by molar-refractivity contribution is -0.0499. The molecule has 1 aliphatic rings. The molecule has 0 radical (unpaired) electrons. The molecule has 0 saturated carbocycles. The SMILES string of the molecule is Nc1c2c(cc(=O)n1-c1ccc(Br)cc1OC(F)F)C(=O)NC2=O. The number of rotatable bonds is 3. The number of benzene rings is 1. The molecule has 0 atom stereocenters. The number of nitrogens with one attached hydrogen (secondary N) is 1. The molecule has 1 aromatic heterocycles. The van der Waals surface area contributed by atoms with Crippen LogP contribution in [0.1, 0.15) is 20.7 Å². The lowest BCUT2D eigenvalue weighted by Gasteiger charge is -2.16. The van der Waals surface area contributed by atoms with E-state index in [4.69, 9.17) is 5.73 Å². The Morgan fingerprint density at radius 3 is 2.54 bits per heavy atom. The highest BCUT2D eigenvalue weighted by Gasteiger charge is 2.32. The lowest BCUT2D eigenvalue weighted by Crippen LogP contribution is -2.24. The van der Waals surface area contributed by atoms with E-state index in [1.54, 1.807) is 0 Å². The van der Waals surface area contributed by atoms with Gasteiger partial charge in [-0.2, -0.15) is 8.78 Å². The van der Waals surface area contributed by atoms with Crippen molar-refractivity contribution >= 4 is 33.6 Å². The molecule has 1 aliphatic heterocycles. The Labute approximate surface area is 141 Å². The van der Waals surface area contributed by atoms with Crippen LogP contribution in [0, 0.1) is 0 Å². The van der Waals surface area contributed by atoms with Crippen molar-refractivity contribution in [3.63, 3.8) is 0 Å². The van der Waals surface area contributed by atoms with Crippen LogP contribution in [0.5, 0.6) is 5.75 Å². The van der Waals surface area contributed by atoms with E-state index in [0.717, 1.165) is 10.6 Å². The number of pyridine rings is 1. The maximum atomic E-state index is 12.6. The number of aromatic nitrogens is 1. The fraction of sp³-hybridized carbons (Fsp3) is 0.0714. The maximum Gasteiger partial charge on any atom is 0.387 e. The average Bonchev–Trinajstić information content (AvgIpc) is 2.75. The zero-order chi connectivity index (χ0) is 17.6. The summed E-state index contributed by atoms with van der Waals surface area (Å²) in [6.07, 6.45) is 0. The van der Waals surface area contributed by atoms with Crippen molar-refractivity contribution in [2.24, 2.45) is 0 Å². The summed E-state index contributed by atoms with van der Waals surface area (Å²) in [6, 6.07) is 4.95. The summed E-state index contributed by atoms with van der Waals surface area (Å²) in [6.45, 7) is -3.13. The van der Waals surface area contributed by atoms with Crippen LogP contribution in [0.25, 0.3) is 5.69 Å². The van der Waals surface area contributed by atoms with Gasteiger partial charge in [0.15, 0.2) is 5.75 Å². The molecule has 124 valence electrons. The Bertz CT molecular complexity index is 942. The average molecular weight is 400 g/mol. The number of nitrogen functional groups attached to an aromatic ring is 1. The number of halogens is 3. The lowest BCUT2D eigenvalue weighted by atomic mass is 10.1. The van der Waals surface area contributed by atoms with E-state index in [1.165, 1.54) is 18.2 Å². The van der Waals surface area contributed by atoms with Crippen LogP contribution in [-0.4, -0.2) is 23.0 Å². The minimum atomic E-state index is -3.13. The summed E-state index contributed by atoms with van der Waals surface area (Å²) in [5.41, 5.74) is 4.65. The fourth-order valence-corrected chi connectivity index (χ4v) is 2.73. The third-order valence-electron chi connectivity index (χ3n) is 3.33. The van der Waals surface area contributed by atoms with Gasteiger partial charge in [0.2, 0.25) is 0 Å². The molecule has 0 unspecified atom stereocenters. The molecule has 7 nitrogen and oxygen atoms in total. The molecule has 2 aromatic rings. The highest BCUT2D eigenvalue weighted by atomic mass is 79.9. The smallest absolute Gasteiger partial charge is 0.387 e. The number of hydrogen-bond acceptors (Lipinski definition) is 5. The van der Waals surface area contributed by atoms with Gasteiger partial charge in [-0.25, -0.2) is 0 Å². The van der Waals surface area contributed by atoms with Crippen LogP contribution in [0.2, 0.25) is 0 Å². The van der Waals surface area contributed by atoms with Crippen LogP contribution in [0.15, 0.2) is 33.5 Å². The van der Waals surface area contributed by atoms with Gasteiger partial charge in [-0.05, 0) is 18.2 Å². The molecule has 0 fully saturated rings. The fourth-order valence-electron chi connectivity index (χ4n) is 2.39. The van der Waals surface area contributed by atoms with Crippen molar-refractivity contribution in [3.8, 4) is 11.4 Å². The predicted octanol–water partition coefficient (Wildman–Crippen LogP) is 1.67. The molecule has 3 rings (SSSR count). The van der Waals surface area contributed by atoms with Gasteiger partial charge in [0, 0.05) is 10.5 Å². The van der Waals surface area contributed by atoms with Gasteiger partial charge in [0.25, 0.3) is 17.4 Å². The molecule has 1 aromatic carbocycles. The number of carbonyl (C=O) groups excluding carboxylic acids is 2. The summed E-state index contributed by atoms with van der Waals surface area (Å²) in [5, 5.41) is 2.02. The highest BCUT2D eigenvalue weighted by Crippen LogP contribution is 2.31. The van der Waals surface area contributed by atoms with Crippen LogP contribution >= 0.6 is 15.9 Å². The molecule has 0 aliphatic carbocycles. The first kappa shape index (κ1) is 16.1. The first-order valence-electron chi connectivity index (χ1n) is 6.45. The van der Waals surface area contributed by atoms with Gasteiger partial charge in [-0.3, -0.25) is 24.3 Å². The van der Waals surface area contributed by atoms with Crippen LogP contribution in [0.3, 0.4) is 0 Å². The van der Waals surface area contributed by atoms with Gasteiger partial charge in [0.05, 0.1) is 16.8 Å². The van der Waals surface area contributed by atoms with Crippen LogP contribution in [0.4, 0.5) is 14.6 Å². The number of nitrogens with two attached hydrogens (primary N) is 1. The molecular weight excluding hydrogens is 392 g/mol. The molecule has 0 saturated heterocycles. The van der Waals surface area contributed by atoms with Crippen LogP contribution in [-0.2, 0) is 0 Å². The Morgan fingerprint density at radius 2 is 1.88 bits per heavy atom. The van der Waals surface area contributed by atoms with Crippen molar-refractivity contribution < 1.29 is 23.1 Å². The van der Waals surface area contributed by atoms with Crippen molar-refractivity contribution in [1.82, 2.24) is 9.88 Å². The molecular formula is C14H8BrF2N3O4. The van der Waals surface area contributed by atoms with E-state index in [-0.39, 0.29) is 28.4 Å². The molecule has 2 heterocycles. The van der Waals surface area contributed by atoms with Gasteiger partial charge in [-0.1, -0.05) is 15.9 Å². The van der Waals surface area contributed by atoms with E-state index < -0.39 is 24.0 Å². The van der Waals surface area contributed by atoms with Gasteiger partial charge in [0.1, 0.15) is 5.82 Å². The Balaban J connectivity index is 2.29. The number of ether oxygens (including phenoxy) is 1. The van der Waals surface area contributed by atoms with E-state index in [1.807, 2.05) is 5.32 Å². The Hall–Kier alpha value is -2.75. The van der Waals surface area contributed by atoms with Crippen LogP contribution < -0.4 is 21.3 Å². The zero-order valence-electron chi connectivity index (χ0n) is 11.7. The van der Waals surface area contributed by atoms with E-state index in [2.05, 4.69) is 20.7 Å². The number of imide groups is 1. The third-order valence-corrected chi connectivity index (χ3v) is 3.83. The maximum absolute atomic E-state index is 12.6. The number of fused-ring (bicyclic) bond motifs is 1. The molecule has 0 bridgehead atoms. The Morgan fingerprint density at radius 1 is 1.17 bits per heavy atom. The van der Waals surface area contributed by atoms with Crippen molar-refractivity contribution in [3.05, 3.63) is 50.2 Å². The van der Waals surface area contributed by atoms with Crippen molar-refractivity contribution in [2.45, 2.75) is 6.61 Å². The largest absolute Gasteiger partial charge is 0.433 e. The number of amides is 2. The quantitative estimate of drug-likeness (QED) is 0.764. The third kappa shape index (κ3) is 2.54.